The van der Waals surface area contributed by atoms with Crippen LogP contribution in [0.2, 0.25) is 0 Å². The first-order chi connectivity index (χ1) is 11.5. The summed E-state index contributed by atoms with van der Waals surface area (Å²) in [5.41, 5.74) is 8.32. The minimum absolute atomic E-state index is 0.202. The van der Waals surface area contributed by atoms with Crippen LogP contribution in [-0.4, -0.2) is 17.9 Å². The minimum Gasteiger partial charge on any atom is -0.406 e. The third kappa shape index (κ3) is 3.73. The highest BCUT2D eigenvalue weighted by atomic mass is 32.1. The zero-order chi connectivity index (χ0) is 17.2. The maximum atomic E-state index is 12.5. The molecule has 2 aromatic heterocycles. The highest BCUT2D eigenvalue weighted by Crippen LogP contribution is 2.36. The van der Waals surface area contributed by atoms with E-state index in [1.54, 1.807) is 17.4 Å². The van der Waals surface area contributed by atoms with Crippen LogP contribution in [0.4, 0.5) is 13.2 Å². The first-order valence-electron chi connectivity index (χ1n) is 7.62. The first kappa shape index (κ1) is 16.9. The van der Waals surface area contributed by atoms with Crippen molar-refractivity contribution in [3.63, 3.8) is 0 Å². The molecule has 0 spiro atoms. The summed E-state index contributed by atoms with van der Waals surface area (Å²) in [6, 6.07) is 8.35. The van der Waals surface area contributed by atoms with Gasteiger partial charge in [0.25, 0.3) is 0 Å². The molecule has 0 aliphatic heterocycles. The quantitative estimate of drug-likeness (QED) is 0.607. The van der Waals surface area contributed by atoms with Crippen LogP contribution in [0, 0.1) is 0 Å². The topological polar surface area (TPSA) is 51.0 Å². The highest BCUT2D eigenvalue weighted by Gasteiger charge is 2.31. The van der Waals surface area contributed by atoms with E-state index in [1.807, 2.05) is 17.5 Å². The fraction of sp³-hybridized carbons (Fsp3) is 0.294. The van der Waals surface area contributed by atoms with E-state index in [2.05, 4.69) is 9.72 Å². The molecule has 0 fully saturated rings. The molecule has 24 heavy (non-hydrogen) atoms. The molecule has 0 aliphatic rings. The number of halogens is 3. The summed E-state index contributed by atoms with van der Waals surface area (Å²) < 4.78 is 41.5. The Kier molecular flexibility index (Phi) is 4.82. The van der Waals surface area contributed by atoms with Gasteiger partial charge < -0.3 is 15.5 Å². The summed E-state index contributed by atoms with van der Waals surface area (Å²) in [6.07, 6.45) is -2.19. The Balaban J connectivity index is 2.05. The zero-order valence-electron chi connectivity index (χ0n) is 12.8. The van der Waals surface area contributed by atoms with Gasteiger partial charge in [0.2, 0.25) is 0 Å². The van der Waals surface area contributed by atoms with Crippen molar-refractivity contribution >= 4 is 22.2 Å². The van der Waals surface area contributed by atoms with Crippen LogP contribution in [0.15, 0.2) is 35.7 Å². The van der Waals surface area contributed by atoms with Crippen molar-refractivity contribution in [2.24, 2.45) is 5.73 Å². The number of fused-ring (bicyclic) bond motifs is 1. The third-order valence-corrected chi connectivity index (χ3v) is 4.65. The number of rotatable bonds is 6. The Hall–Kier alpha value is -1.99. The van der Waals surface area contributed by atoms with Crippen LogP contribution >= 0.6 is 11.3 Å². The van der Waals surface area contributed by atoms with Crippen LogP contribution in [-0.2, 0) is 6.42 Å². The molecule has 2 heterocycles. The molecule has 0 unspecified atom stereocenters. The molecule has 0 atom stereocenters. The summed E-state index contributed by atoms with van der Waals surface area (Å²) in [4.78, 5) is 4.39. The number of hydrogen-bond donors (Lipinski definition) is 2. The molecule has 0 aliphatic carbocycles. The molecule has 0 bridgehead atoms. The predicted molar refractivity (Wildman–Crippen MR) is 90.3 cm³/mol. The number of alkyl halides is 3. The zero-order valence-corrected chi connectivity index (χ0v) is 13.6. The molecule has 3 rings (SSSR count). The monoisotopic (exact) mass is 354 g/mol. The summed E-state index contributed by atoms with van der Waals surface area (Å²) >= 11 is 1.59. The van der Waals surface area contributed by atoms with Gasteiger partial charge in [-0.25, -0.2) is 0 Å². The second-order valence-corrected chi connectivity index (χ2v) is 6.40. The molecule has 0 radical (unpaired) electrons. The van der Waals surface area contributed by atoms with Crippen molar-refractivity contribution in [1.82, 2.24) is 4.98 Å². The summed E-state index contributed by atoms with van der Waals surface area (Å²) in [6.45, 7) is 0.596. The Labute approximate surface area is 141 Å². The lowest BCUT2D eigenvalue weighted by Gasteiger charge is -2.09. The van der Waals surface area contributed by atoms with Crippen molar-refractivity contribution in [1.29, 1.82) is 0 Å². The van der Waals surface area contributed by atoms with Gasteiger partial charge in [-0.15, -0.1) is 24.5 Å². The largest absolute Gasteiger partial charge is 0.573 e. The number of benzene rings is 1. The molecule has 128 valence electrons. The maximum Gasteiger partial charge on any atom is 0.573 e. The fourth-order valence-electron chi connectivity index (χ4n) is 2.76. The number of thiophene rings is 1. The van der Waals surface area contributed by atoms with Crippen LogP contribution in [0.3, 0.4) is 0 Å². The van der Waals surface area contributed by atoms with Gasteiger partial charge in [-0.05, 0) is 61.0 Å². The minimum atomic E-state index is -4.69. The lowest BCUT2D eigenvalue weighted by molar-refractivity contribution is -0.274. The molecule has 3 nitrogen and oxygen atoms in total. The molecule has 7 heteroatoms. The van der Waals surface area contributed by atoms with E-state index in [0.29, 0.717) is 6.54 Å². The van der Waals surface area contributed by atoms with E-state index in [9.17, 15) is 13.2 Å². The van der Waals surface area contributed by atoms with Gasteiger partial charge in [-0.1, -0.05) is 6.07 Å². The summed E-state index contributed by atoms with van der Waals surface area (Å²) in [7, 11) is 0. The van der Waals surface area contributed by atoms with Crippen LogP contribution in [0.5, 0.6) is 5.75 Å². The molecule has 3 aromatic rings. The molecule has 1 aromatic carbocycles. The maximum absolute atomic E-state index is 12.5. The Bertz CT molecular complexity index is 809. The summed E-state index contributed by atoms with van der Waals surface area (Å²) in [5, 5.41) is 2.74. The second-order valence-electron chi connectivity index (χ2n) is 5.46. The second kappa shape index (κ2) is 6.86. The first-order valence-corrected chi connectivity index (χ1v) is 8.50. The predicted octanol–water partition coefficient (Wildman–Crippen LogP) is 5.08. The Morgan fingerprint density at radius 1 is 1.17 bits per heavy atom. The normalized spacial score (nSPS) is 12.0. The van der Waals surface area contributed by atoms with Crippen molar-refractivity contribution in [3.8, 4) is 16.3 Å². The van der Waals surface area contributed by atoms with Crippen molar-refractivity contribution in [3.05, 3.63) is 41.3 Å². The number of unbranched alkanes of at least 4 members (excludes halogenated alkanes) is 1. The number of H-pyrrole nitrogens is 1. The Morgan fingerprint density at radius 3 is 2.67 bits per heavy atom. The number of aromatic amines is 1. The van der Waals surface area contributed by atoms with Crippen LogP contribution in [0.1, 0.15) is 18.4 Å². The van der Waals surface area contributed by atoms with Gasteiger partial charge in [0.1, 0.15) is 5.75 Å². The average molecular weight is 354 g/mol. The van der Waals surface area contributed by atoms with E-state index >= 15 is 0 Å². The molecule has 0 saturated heterocycles. The lowest BCUT2D eigenvalue weighted by atomic mass is 10.0. The molecule has 0 amide bonds. The van der Waals surface area contributed by atoms with E-state index in [0.717, 1.165) is 46.3 Å². The molecular weight excluding hydrogens is 337 g/mol. The lowest BCUT2D eigenvalue weighted by Crippen LogP contribution is -2.16. The number of ether oxygens (including phenoxy) is 1. The number of aromatic nitrogens is 1. The van der Waals surface area contributed by atoms with E-state index in [1.165, 1.54) is 12.1 Å². The Morgan fingerprint density at radius 2 is 2.00 bits per heavy atom. The van der Waals surface area contributed by atoms with Crippen molar-refractivity contribution in [2.75, 3.05) is 6.54 Å². The summed E-state index contributed by atoms with van der Waals surface area (Å²) in [5.74, 6) is -0.202. The van der Waals surface area contributed by atoms with E-state index in [-0.39, 0.29) is 5.75 Å². The number of nitrogens with one attached hydrogen (secondary N) is 1. The smallest absolute Gasteiger partial charge is 0.406 e. The van der Waals surface area contributed by atoms with Gasteiger partial charge in [-0.2, -0.15) is 0 Å². The number of aryl methyl sites for hydroxylation is 1. The van der Waals surface area contributed by atoms with Crippen molar-refractivity contribution in [2.45, 2.75) is 25.6 Å². The molecule has 3 N–H and O–H groups in total. The number of hydrogen-bond acceptors (Lipinski definition) is 3. The van der Waals surface area contributed by atoms with Gasteiger partial charge >= 0.3 is 6.36 Å². The number of nitrogens with two attached hydrogens (primary N) is 1. The fourth-order valence-corrected chi connectivity index (χ4v) is 3.51. The third-order valence-electron chi connectivity index (χ3n) is 3.76. The average Bonchev–Trinajstić information content (AvgIpc) is 3.13. The van der Waals surface area contributed by atoms with Crippen LogP contribution in [0.25, 0.3) is 21.5 Å². The van der Waals surface area contributed by atoms with Crippen LogP contribution < -0.4 is 10.5 Å². The molecular formula is C17H17F3N2OS. The van der Waals surface area contributed by atoms with Gasteiger partial charge in [-0.3, -0.25) is 0 Å². The molecule has 0 saturated carbocycles. The SMILES string of the molecule is NCCCCc1c(-c2cccs2)[nH]c2ccc(OC(F)(F)F)cc12. The highest BCUT2D eigenvalue weighted by molar-refractivity contribution is 7.13. The van der Waals surface area contributed by atoms with Gasteiger partial charge in [0.15, 0.2) is 0 Å². The van der Waals surface area contributed by atoms with E-state index in [4.69, 9.17) is 5.73 Å². The van der Waals surface area contributed by atoms with Crippen molar-refractivity contribution < 1.29 is 17.9 Å². The van der Waals surface area contributed by atoms with E-state index < -0.39 is 6.36 Å². The van der Waals surface area contributed by atoms with Gasteiger partial charge in [0, 0.05) is 10.9 Å². The standard InChI is InChI=1S/C17H17F3N2OS/c18-17(19,20)23-11-6-7-14-13(10-11)12(4-1-2-8-21)16(22-14)15-5-3-9-24-15/h3,5-7,9-10,22H,1-2,4,8,21H2. The van der Waals surface area contributed by atoms with Gasteiger partial charge in [0.05, 0.1) is 10.6 Å².